The molecule has 4 rings (SSSR count). The summed E-state index contributed by atoms with van der Waals surface area (Å²) in [5.41, 5.74) is 3.51. The lowest BCUT2D eigenvalue weighted by atomic mass is 10.1. The van der Waals surface area contributed by atoms with Gasteiger partial charge in [-0.3, -0.25) is 4.79 Å². The third-order valence-electron chi connectivity index (χ3n) is 5.12. The molecule has 29 heavy (non-hydrogen) atoms. The van der Waals surface area contributed by atoms with E-state index in [1.165, 1.54) is 0 Å². The number of fused-ring (bicyclic) bond motifs is 2. The first-order valence-electron chi connectivity index (χ1n) is 10.2. The maximum absolute atomic E-state index is 12.8. The van der Waals surface area contributed by atoms with Gasteiger partial charge in [-0.1, -0.05) is 32.0 Å². The van der Waals surface area contributed by atoms with Gasteiger partial charge in [0.05, 0.1) is 16.6 Å². The average Bonchev–Trinajstić information content (AvgIpc) is 3.22. The summed E-state index contributed by atoms with van der Waals surface area (Å²) < 4.78 is 4.23. The summed E-state index contributed by atoms with van der Waals surface area (Å²) in [4.78, 5) is 22.0. The molecule has 6 heteroatoms. The lowest BCUT2D eigenvalue weighted by Gasteiger charge is -2.08. The highest BCUT2D eigenvalue weighted by Gasteiger charge is 2.17. The minimum absolute atomic E-state index is 0.115. The highest BCUT2D eigenvalue weighted by molar-refractivity contribution is 5.99. The van der Waals surface area contributed by atoms with Crippen LogP contribution in [0.5, 0.6) is 0 Å². The van der Waals surface area contributed by atoms with Crippen molar-refractivity contribution in [2.24, 2.45) is 5.92 Å². The summed E-state index contributed by atoms with van der Waals surface area (Å²) >= 11 is 0. The summed E-state index contributed by atoms with van der Waals surface area (Å²) in [5, 5.41) is 3.04. The van der Waals surface area contributed by atoms with E-state index in [4.69, 9.17) is 0 Å². The number of benzene rings is 1. The molecule has 0 atom stereocenters. The summed E-state index contributed by atoms with van der Waals surface area (Å²) in [6.07, 6.45) is 3.65. The number of carbonyl (C=O) groups excluding carboxylic acids is 1. The van der Waals surface area contributed by atoms with E-state index in [0.29, 0.717) is 18.2 Å². The largest absolute Gasteiger partial charge is 0.351 e. The molecule has 6 nitrogen and oxygen atoms in total. The lowest BCUT2D eigenvalue weighted by Crippen LogP contribution is -2.26. The van der Waals surface area contributed by atoms with Crippen LogP contribution in [0, 0.1) is 12.8 Å². The van der Waals surface area contributed by atoms with Crippen molar-refractivity contribution >= 4 is 22.5 Å². The molecule has 0 spiro atoms. The first kappa shape index (κ1) is 19.2. The van der Waals surface area contributed by atoms with E-state index in [1.807, 2.05) is 53.9 Å². The van der Waals surface area contributed by atoms with Crippen LogP contribution in [0.1, 0.15) is 42.4 Å². The predicted octanol–water partition coefficient (Wildman–Crippen LogP) is 4.01. The molecule has 3 heterocycles. The van der Waals surface area contributed by atoms with Gasteiger partial charge in [0.1, 0.15) is 11.6 Å². The van der Waals surface area contributed by atoms with Crippen molar-refractivity contribution in [1.82, 2.24) is 24.3 Å². The van der Waals surface area contributed by atoms with Gasteiger partial charge in [-0.25, -0.2) is 9.97 Å². The Hall–Kier alpha value is -3.15. The molecular weight excluding hydrogens is 362 g/mol. The molecule has 3 aromatic heterocycles. The Morgan fingerprint density at radius 2 is 1.83 bits per heavy atom. The Labute approximate surface area is 170 Å². The molecule has 0 fully saturated rings. The van der Waals surface area contributed by atoms with Gasteiger partial charge in [0.15, 0.2) is 5.69 Å². The van der Waals surface area contributed by atoms with Crippen LogP contribution in [0.25, 0.3) is 16.6 Å². The molecule has 1 N–H and O–H groups in total. The van der Waals surface area contributed by atoms with Gasteiger partial charge < -0.3 is 14.3 Å². The third-order valence-corrected chi connectivity index (χ3v) is 5.12. The number of para-hydroxylation sites is 2. The maximum atomic E-state index is 12.8. The zero-order chi connectivity index (χ0) is 20.4. The van der Waals surface area contributed by atoms with Gasteiger partial charge >= 0.3 is 0 Å². The van der Waals surface area contributed by atoms with Crippen molar-refractivity contribution in [1.29, 1.82) is 0 Å². The van der Waals surface area contributed by atoms with Crippen molar-refractivity contribution in [3.63, 3.8) is 0 Å². The molecule has 0 unspecified atom stereocenters. The van der Waals surface area contributed by atoms with Crippen LogP contribution in [0.4, 0.5) is 0 Å². The number of carbonyl (C=O) groups is 1. The summed E-state index contributed by atoms with van der Waals surface area (Å²) in [5.74, 6) is 2.29. The second kappa shape index (κ2) is 8.07. The molecular formula is C23H27N5O. The Morgan fingerprint density at radius 1 is 1.07 bits per heavy atom. The summed E-state index contributed by atoms with van der Waals surface area (Å²) in [6.45, 7) is 7.74. The molecule has 0 saturated carbocycles. The number of imidazole rings is 2. The van der Waals surface area contributed by atoms with E-state index in [1.54, 1.807) is 0 Å². The van der Waals surface area contributed by atoms with Gasteiger partial charge in [0.2, 0.25) is 0 Å². The minimum atomic E-state index is -0.115. The molecule has 0 saturated heterocycles. The van der Waals surface area contributed by atoms with E-state index in [9.17, 15) is 4.79 Å². The Morgan fingerprint density at radius 3 is 2.66 bits per heavy atom. The first-order valence-corrected chi connectivity index (χ1v) is 10.2. The van der Waals surface area contributed by atoms with Crippen LogP contribution in [0.3, 0.4) is 0 Å². The molecule has 4 aromatic rings. The van der Waals surface area contributed by atoms with E-state index in [-0.39, 0.29) is 5.91 Å². The number of hydrogen-bond donors (Lipinski definition) is 1. The van der Waals surface area contributed by atoms with E-state index in [2.05, 4.69) is 39.8 Å². The van der Waals surface area contributed by atoms with E-state index in [0.717, 1.165) is 47.6 Å². The van der Waals surface area contributed by atoms with Crippen molar-refractivity contribution < 1.29 is 4.79 Å². The van der Waals surface area contributed by atoms with Gasteiger partial charge in [-0.2, -0.15) is 0 Å². The molecule has 0 bridgehead atoms. The van der Waals surface area contributed by atoms with Crippen LogP contribution in [0.15, 0.2) is 48.7 Å². The van der Waals surface area contributed by atoms with Gasteiger partial charge in [-0.05, 0) is 43.5 Å². The molecule has 0 radical (unpaired) electrons. The fraction of sp³-hybridized carbons (Fsp3) is 0.348. The Balaban J connectivity index is 1.43. The van der Waals surface area contributed by atoms with Crippen LogP contribution in [-0.2, 0) is 13.0 Å². The number of aryl methyl sites for hydroxylation is 2. The zero-order valence-electron chi connectivity index (χ0n) is 17.2. The second-order valence-corrected chi connectivity index (χ2v) is 7.84. The first-order chi connectivity index (χ1) is 14.0. The van der Waals surface area contributed by atoms with Crippen LogP contribution in [0.2, 0.25) is 0 Å². The molecule has 0 aliphatic rings. The predicted molar refractivity (Wildman–Crippen MR) is 115 cm³/mol. The monoisotopic (exact) mass is 389 g/mol. The van der Waals surface area contributed by atoms with Crippen LogP contribution >= 0.6 is 0 Å². The fourth-order valence-electron chi connectivity index (χ4n) is 3.78. The van der Waals surface area contributed by atoms with Gasteiger partial charge in [0.25, 0.3) is 5.91 Å². The fourth-order valence-corrected chi connectivity index (χ4v) is 3.78. The van der Waals surface area contributed by atoms with Gasteiger partial charge in [-0.15, -0.1) is 0 Å². The number of rotatable bonds is 7. The molecule has 0 aliphatic carbocycles. The van der Waals surface area contributed by atoms with Crippen molar-refractivity contribution in [2.75, 3.05) is 6.54 Å². The quantitative estimate of drug-likeness (QED) is 0.486. The molecule has 150 valence electrons. The molecule has 0 aliphatic heterocycles. The van der Waals surface area contributed by atoms with E-state index >= 15 is 0 Å². The molecule has 1 aromatic carbocycles. The van der Waals surface area contributed by atoms with Crippen LogP contribution in [-0.4, -0.2) is 31.4 Å². The number of hydrogen-bond acceptors (Lipinski definition) is 3. The second-order valence-electron chi connectivity index (χ2n) is 7.84. The number of pyridine rings is 1. The number of nitrogens with one attached hydrogen (secondary N) is 1. The van der Waals surface area contributed by atoms with Gasteiger partial charge in [0, 0.05) is 25.7 Å². The topological polar surface area (TPSA) is 64.2 Å². The lowest BCUT2D eigenvalue weighted by molar-refractivity contribution is 0.0950. The van der Waals surface area contributed by atoms with Crippen molar-refractivity contribution in [3.8, 4) is 0 Å². The SMILES string of the molecule is Cc1nc2ccccc2n1CCCNC(=O)c1nc(CC(C)C)n2ccccc12. The minimum Gasteiger partial charge on any atom is -0.351 e. The summed E-state index contributed by atoms with van der Waals surface area (Å²) in [7, 11) is 0. The van der Waals surface area contributed by atoms with Crippen molar-refractivity contribution in [3.05, 3.63) is 66.0 Å². The summed E-state index contributed by atoms with van der Waals surface area (Å²) in [6, 6.07) is 14.0. The Kier molecular flexibility index (Phi) is 5.34. The normalized spacial score (nSPS) is 11.6. The number of amides is 1. The number of aromatic nitrogens is 4. The average molecular weight is 390 g/mol. The smallest absolute Gasteiger partial charge is 0.272 e. The third kappa shape index (κ3) is 3.88. The highest BCUT2D eigenvalue weighted by Crippen LogP contribution is 2.17. The standard InChI is InChI=1S/C23H27N5O/c1-16(2)15-21-26-22(20-11-6-7-13-28(20)21)23(29)24-12-8-14-27-17(3)25-18-9-4-5-10-19(18)27/h4-7,9-11,13,16H,8,12,14-15H2,1-3H3,(H,24,29). The van der Waals surface area contributed by atoms with Crippen molar-refractivity contribution in [2.45, 2.75) is 40.2 Å². The number of nitrogens with zero attached hydrogens (tertiary/aromatic N) is 4. The van der Waals surface area contributed by atoms with Crippen LogP contribution < -0.4 is 5.32 Å². The van der Waals surface area contributed by atoms with E-state index < -0.39 is 0 Å². The highest BCUT2D eigenvalue weighted by atomic mass is 16.1. The zero-order valence-corrected chi connectivity index (χ0v) is 17.2. The maximum Gasteiger partial charge on any atom is 0.272 e. The molecule has 1 amide bonds. The Bertz CT molecular complexity index is 1150.